The molecule has 1 heterocycles. The van der Waals surface area contributed by atoms with Gasteiger partial charge in [0, 0.05) is 12.6 Å². The van der Waals surface area contributed by atoms with Crippen LogP contribution in [0.3, 0.4) is 0 Å². The summed E-state index contributed by atoms with van der Waals surface area (Å²) < 4.78 is 30.3. The summed E-state index contributed by atoms with van der Waals surface area (Å²) in [6.45, 7) is 10.4. The Morgan fingerprint density at radius 1 is 1.30 bits per heavy atom. The first kappa shape index (κ1) is 14.7. The molecule has 0 bridgehead atoms. The van der Waals surface area contributed by atoms with Crippen molar-refractivity contribution in [3.63, 3.8) is 0 Å². The van der Waals surface area contributed by atoms with Crippen LogP contribution in [-0.2, 0) is 6.54 Å². The van der Waals surface area contributed by atoms with Gasteiger partial charge in [-0.05, 0) is 13.8 Å². The van der Waals surface area contributed by atoms with Gasteiger partial charge in [0.25, 0.3) is 0 Å². The molecule has 2 rings (SSSR count). The molecule has 2 nitrogen and oxygen atoms in total. The van der Waals surface area contributed by atoms with Gasteiger partial charge in [0.15, 0.2) is 5.82 Å². The molecular formula is C15H18F2N2Si. The molecule has 0 spiro atoms. The van der Waals surface area contributed by atoms with E-state index in [0.29, 0.717) is 17.9 Å². The Bertz CT molecular complexity index is 730. The van der Waals surface area contributed by atoms with Crippen molar-refractivity contribution in [2.24, 2.45) is 0 Å². The van der Waals surface area contributed by atoms with Crippen LogP contribution in [0, 0.1) is 30.0 Å². The summed E-state index contributed by atoms with van der Waals surface area (Å²) >= 11 is 0. The van der Waals surface area contributed by atoms with E-state index in [-0.39, 0.29) is 11.1 Å². The summed E-state index contributed by atoms with van der Waals surface area (Å²) in [4.78, 5) is 4.19. The highest BCUT2D eigenvalue weighted by atomic mass is 28.3. The minimum atomic E-state index is -1.69. The first-order chi connectivity index (χ1) is 9.24. The van der Waals surface area contributed by atoms with Gasteiger partial charge in [0.2, 0.25) is 0 Å². The highest BCUT2D eigenvalue weighted by Crippen LogP contribution is 2.24. The molecule has 1 aromatic carbocycles. The Hall–Kier alpha value is -1.67. The van der Waals surface area contributed by atoms with Crippen LogP contribution in [-0.4, -0.2) is 17.6 Å². The van der Waals surface area contributed by atoms with E-state index >= 15 is 0 Å². The van der Waals surface area contributed by atoms with E-state index in [4.69, 9.17) is 0 Å². The number of rotatable bonds is 1. The Labute approximate surface area is 118 Å². The second kappa shape index (κ2) is 5.02. The van der Waals surface area contributed by atoms with Gasteiger partial charge >= 0.3 is 0 Å². The molecule has 0 saturated heterocycles. The molecule has 0 aliphatic carbocycles. The summed E-state index contributed by atoms with van der Waals surface area (Å²) in [5.41, 5.74) is 3.51. The molecule has 0 amide bonds. The first-order valence-electron chi connectivity index (χ1n) is 6.62. The second-order valence-electron chi connectivity index (χ2n) is 5.82. The topological polar surface area (TPSA) is 17.8 Å². The van der Waals surface area contributed by atoms with Crippen molar-refractivity contribution in [1.82, 2.24) is 9.55 Å². The van der Waals surface area contributed by atoms with Crippen LogP contribution < -0.4 is 0 Å². The quantitative estimate of drug-likeness (QED) is 0.576. The molecule has 0 unspecified atom stereocenters. The molecule has 0 fully saturated rings. The number of fused-ring (bicyclic) bond motifs is 1. The summed E-state index contributed by atoms with van der Waals surface area (Å²) in [6.07, 6.45) is 0. The lowest BCUT2D eigenvalue weighted by Gasteiger charge is -2.05. The van der Waals surface area contributed by atoms with Crippen LogP contribution in [0.4, 0.5) is 8.78 Å². The Morgan fingerprint density at radius 2 is 1.95 bits per heavy atom. The van der Waals surface area contributed by atoms with Crippen LogP contribution in [0.25, 0.3) is 11.0 Å². The van der Waals surface area contributed by atoms with Crippen LogP contribution >= 0.6 is 0 Å². The number of hydrogen-bond donors (Lipinski definition) is 0. The fourth-order valence-corrected chi connectivity index (χ4v) is 2.57. The van der Waals surface area contributed by atoms with Crippen molar-refractivity contribution >= 4 is 19.1 Å². The molecule has 106 valence electrons. The average Bonchev–Trinajstić information content (AvgIpc) is 2.63. The van der Waals surface area contributed by atoms with Gasteiger partial charge in [-0.3, -0.25) is 0 Å². The molecule has 5 heteroatoms. The molecule has 0 saturated carbocycles. The van der Waals surface area contributed by atoms with Crippen molar-refractivity contribution in [3.8, 4) is 11.5 Å². The van der Waals surface area contributed by atoms with E-state index in [1.807, 2.05) is 26.6 Å². The summed E-state index contributed by atoms with van der Waals surface area (Å²) in [7, 11) is -1.69. The predicted octanol–water partition coefficient (Wildman–Crippen LogP) is 3.87. The van der Waals surface area contributed by atoms with Crippen molar-refractivity contribution in [3.05, 3.63) is 29.1 Å². The van der Waals surface area contributed by atoms with E-state index in [0.717, 1.165) is 0 Å². The number of benzene rings is 1. The number of hydrogen-bond acceptors (Lipinski definition) is 1. The van der Waals surface area contributed by atoms with Gasteiger partial charge in [0.05, 0.1) is 11.1 Å². The van der Waals surface area contributed by atoms with Gasteiger partial charge in [-0.2, -0.15) is 0 Å². The van der Waals surface area contributed by atoms with Gasteiger partial charge < -0.3 is 4.57 Å². The third-order valence-corrected chi connectivity index (χ3v) is 3.88. The van der Waals surface area contributed by atoms with Gasteiger partial charge in [-0.1, -0.05) is 25.6 Å². The number of imidazole rings is 1. The molecule has 1 aromatic heterocycles. The minimum absolute atomic E-state index is 0.166. The molecule has 0 radical (unpaired) electrons. The van der Waals surface area contributed by atoms with Gasteiger partial charge in [-0.15, -0.1) is 5.54 Å². The Kier molecular flexibility index (Phi) is 3.70. The zero-order chi connectivity index (χ0) is 15.1. The lowest BCUT2D eigenvalue weighted by Crippen LogP contribution is -2.16. The van der Waals surface area contributed by atoms with E-state index in [9.17, 15) is 8.78 Å². The molecule has 20 heavy (non-hydrogen) atoms. The predicted molar refractivity (Wildman–Crippen MR) is 80.3 cm³/mol. The smallest absolute Gasteiger partial charge is 0.169 e. The highest BCUT2D eigenvalue weighted by Gasteiger charge is 2.18. The molecule has 0 aliphatic rings. The standard InChI is InChI=1S/C15H18F2N2Si/c1-6-19-10(2)18-15-13(19)9-12(16)11(14(15)17)7-8-20(3,4)5/h9H,6H2,1-5H3. The lowest BCUT2D eigenvalue weighted by molar-refractivity contribution is 0.584. The van der Waals surface area contributed by atoms with E-state index in [1.165, 1.54) is 6.07 Å². The van der Waals surface area contributed by atoms with Crippen molar-refractivity contribution < 1.29 is 8.78 Å². The van der Waals surface area contributed by atoms with Gasteiger partial charge in [0.1, 0.15) is 25.2 Å². The fourth-order valence-electron chi connectivity index (χ4n) is 2.07. The second-order valence-corrected chi connectivity index (χ2v) is 10.6. The summed E-state index contributed by atoms with van der Waals surface area (Å²) in [6, 6.07) is 1.33. The van der Waals surface area contributed by atoms with Crippen molar-refractivity contribution in [2.75, 3.05) is 0 Å². The molecular weight excluding hydrogens is 274 g/mol. The highest BCUT2D eigenvalue weighted by molar-refractivity contribution is 6.83. The maximum absolute atomic E-state index is 14.4. The fraction of sp³-hybridized carbons (Fsp3) is 0.400. The Balaban J connectivity index is 2.72. The zero-order valence-electron chi connectivity index (χ0n) is 12.4. The Morgan fingerprint density at radius 3 is 2.50 bits per heavy atom. The van der Waals surface area contributed by atoms with Crippen LogP contribution in [0.5, 0.6) is 0 Å². The summed E-state index contributed by atoms with van der Waals surface area (Å²) in [5.74, 6) is 2.08. The molecule has 0 atom stereocenters. The molecule has 0 aliphatic heterocycles. The maximum atomic E-state index is 14.4. The van der Waals surface area contributed by atoms with Crippen molar-refractivity contribution in [2.45, 2.75) is 40.0 Å². The van der Waals surface area contributed by atoms with E-state index in [2.05, 4.69) is 16.4 Å². The maximum Gasteiger partial charge on any atom is 0.169 e. The van der Waals surface area contributed by atoms with Crippen molar-refractivity contribution in [1.29, 1.82) is 0 Å². The zero-order valence-corrected chi connectivity index (χ0v) is 13.4. The SMILES string of the molecule is CCn1c(C)nc2c(F)c(C#C[Si](C)(C)C)c(F)cc21. The van der Waals surface area contributed by atoms with Crippen LogP contribution in [0.1, 0.15) is 18.3 Å². The molecule has 2 aromatic rings. The minimum Gasteiger partial charge on any atom is -0.328 e. The third kappa shape index (κ3) is 2.61. The summed E-state index contributed by atoms with van der Waals surface area (Å²) in [5, 5.41) is 0. The van der Waals surface area contributed by atoms with Gasteiger partial charge in [-0.25, -0.2) is 13.8 Å². The number of nitrogens with zero attached hydrogens (tertiary/aromatic N) is 2. The largest absolute Gasteiger partial charge is 0.328 e. The third-order valence-electron chi connectivity index (χ3n) is 3.01. The van der Waals surface area contributed by atoms with Crippen LogP contribution in [0.2, 0.25) is 19.6 Å². The average molecular weight is 292 g/mol. The first-order valence-corrected chi connectivity index (χ1v) is 10.1. The van der Waals surface area contributed by atoms with E-state index < -0.39 is 19.7 Å². The monoisotopic (exact) mass is 292 g/mol. The normalized spacial score (nSPS) is 11.6. The van der Waals surface area contributed by atoms with E-state index in [1.54, 1.807) is 11.5 Å². The molecule has 0 N–H and O–H groups in total. The lowest BCUT2D eigenvalue weighted by atomic mass is 10.2. The van der Waals surface area contributed by atoms with Crippen LogP contribution in [0.15, 0.2) is 6.07 Å². The number of aryl methyl sites for hydroxylation is 2. The number of aromatic nitrogens is 2. The number of halogens is 2.